The van der Waals surface area contributed by atoms with Gasteiger partial charge in [-0.2, -0.15) is 13.8 Å². The summed E-state index contributed by atoms with van der Waals surface area (Å²) < 4.78 is 0. The quantitative estimate of drug-likeness (QED) is 0.271. The Balaban J connectivity index is -0.0000000200. The fourth-order valence-electron chi connectivity index (χ4n) is 0. The molecular weight excluding hydrogens is 140 g/mol. The van der Waals surface area contributed by atoms with Crippen molar-refractivity contribution in [3.63, 3.8) is 0 Å². The first-order valence-electron chi connectivity index (χ1n) is 1.15. The molecule has 0 aromatic carbocycles. The second-order valence-electron chi connectivity index (χ2n) is 0.577. The van der Waals surface area contributed by atoms with Crippen LogP contribution in [0.15, 0.2) is 0 Å². The molecule has 0 amide bonds. The van der Waals surface area contributed by atoms with Crippen molar-refractivity contribution in [2.75, 3.05) is 0 Å². The van der Waals surface area contributed by atoms with Gasteiger partial charge in [-0.25, -0.2) is 0 Å². The van der Waals surface area contributed by atoms with Crippen LogP contribution < -0.4 is 17.0 Å². The van der Waals surface area contributed by atoms with E-state index in [0.29, 0.717) is 0 Å². The zero-order chi connectivity index (χ0) is 2.71. The summed E-state index contributed by atoms with van der Waals surface area (Å²) in [6, 6.07) is 0. The molecule has 0 spiro atoms. The number of hydrogen-bond donors (Lipinski definition) is 0. The molecular formula is C3H7BrMg. The summed E-state index contributed by atoms with van der Waals surface area (Å²) in [5, 5.41) is 0. The molecule has 0 aliphatic carbocycles. The van der Waals surface area contributed by atoms with Crippen LogP contribution in [0.3, 0.4) is 0 Å². The van der Waals surface area contributed by atoms with Crippen molar-refractivity contribution >= 4 is 23.1 Å². The predicted molar refractivity (Wildman–Crippen MR) is 21.4 cm³/mol. The van der Waals surface area contributed by atoms with Crippen LogP contribution in [0.2, 0.25) is 0 Å². The summed E-state index contributed by atoms with van der Waals surface area (Å²) in [6.45, 7) is 4.00. The molecule has 0 saturated heterocycles. The average Bonchev–Trinajstić information content (AvgIpc) is 0.918. The van der Waals surface area contributed by atoms with Gasteiger partial charge in [0, 0.05) is 0 Å². The summed E-state index contributed by atoms with van der Waals surface area (Å²) >= 11 is 0. The Morgan fingerprint density at radius 2 is 1.20 bits per heavy atom. The smallest absolute Gasteiger partial charge is 1.00 e. The first kappa shape index (κ1) is 16.3. The van der Waals surface area contributed by atoms with Gasteiger partial charge in [0.2, 0.25) is 0 Å². The van der Waals surface area contributed by atoms with Crippen molar-refractivity contribution in [3.8, 4) is 0 Å². The molecule has 0 saturated carbocycles. The van der Waals surface area contributed by atoms with Crippen LogP contribution >= 0.6 is 0 Å². The van der Waals surface area contributed by atoms with Gasteiger partial charge in [0.25, 0.3) is 0 Å². The number of halogens is 1. The van der Waals surface area contributed by atoms with Gasteiger partial charge in [-0.3, -0.25) is 0 Å². The van der Waals surface area contributed by atoms with Crippen molar-refractivity contribution in [2.24, 2.45) is 0 Å². The first-order chi connectivity index (χ1) is 1.41. The minimum Gasteiger partial charge on any atom is -1.00 e. The third-order valence-corrected chi connectivity index (χ3v) is 0. The predicted octanol–water partition coefficient (Wildman–Crippen LogP) is -2.15. The van der Waals surface area contributed by atoms with E-state index in [1.54, 1.807) is 0 Å². The summed E-state index contributed by atoms with van der Waals surface area (Å²) in [5.41, 5.74) is 0. The van der Waals surface area contributed by atoms with E-state index in [-0.39, 0.29) is 40.0 Å². The van der Waals surface area contributed by atoms with Gasteiger partial charge in [-0.15, -0.1) is 0 Å². The monoisotopic (exact) mass is 146 g/mol. The Kier molecular flexibility index (Phi) is 61.2. The van der Waals surface area contributed by atoms with Crippen LogP contribution in [0.1, 0.15) is 13.8 Å². The summed E-state index contributed by atoms with van der Waals surface area (Å²) in [7, 11) is 0. The molecule has 0 radical (unpaired) electrons. The van der Waals surface area contributed by atoms with Crippen molar-refractivity contribution in [1.82, 2.24) is 0 Å². The van der Waals surface area contributed by atoms with Gasteiger partial charge in [-0.05, 0) is 0 Å². The maximum absolute atomic E-state index is 2.00. The molecule has 0 unspecified atom stereocenters. The van der Waals surface area contributed by atoms with Crippen molar-refractivity contribution in [2.45, 2.75) is 13.8 Å². The van der Waals surface area contributed by atoms with E-state index in [0.717, 1.165) is 0 Å². The molecule has 0 aliphatic heterocycles. The maximum atomic E-state index is 2.00. The van der Waals surface area contributed by atoms with E-state index in [2.05, 4.69) is 0 Å². The number of hydrogen-bond acceptors (Lipinski definition) is 0. The van der Waals surface area contributed by atoms with Gasteiger partial charge in [0.05, 0.1) is 0 Å². The van der Waals surface area contributed by atoms with Crippen LogP contribution in [-0.4, -0.2) is 23.1 Å². The molecule has 5 heavy (non-hydrogen) atoms. The second kappa shape index (κ2) is 18.7. The Morgan fingerprint density at radius 1 is 1.20 bits per heavy atom. The van der Waals surface area contributed by atoms with Gasteiger partial charge in [0.15, 0.2) is 0 Å². The standard InChI is InChI=1S/C3H7.BrH.Mg/c1-3-2;;/h3H,1-2H3;1H;/q-1;;+2/p-1. The Bertz CT molecular complexity index is 6.85. The zero-order valence-electron chi connectivity index (χ0n) is 3.66. The topological polar surface area (TPSA) is 0 Å². The summed E-state index contributed by atoms with van der Waals surface area (Å²) in [5.74, 6) is 0. The molecule has 0 heterocycles. The molecule has 0 rings (SSSR count). The minimum atomic E-state index is 0. The first-order valence-corrected chi connectivity index (χ1v) is 1.15. The van der Waals surface area contributed by atoms with Crippen molar-refractivity contribution < 1.29 is 17.0 Å². The minimum absolute atomic E-state index is 0. The van der Waals surface area contributed by atoms with Crippen molar-refractivity contribution in [1.29, 1.82) is 0 Å². The normalized spacial score (nSPS) is 3.60. The third kappa shape index (κ3) is 35.6. The van der Waals surface area contributed by atoms with Crippen molar-refractivity contribution in [3.05, 3.63) is 6.42 Å². The average molecular weight is 147 g/mol. The third-order valence-electron chi connectivity index (χ3n) is 0. The van der Waals surface area contributed by atoms with Crippen LogP contribution in [0, 0.1) is 6.42 Å². The largest absolute Gasteiger partial charge is 2.00 e. The number of rotatable bonds is 0. The molecule has 2 heteroatoms. The molecule has 0 nitrogen and oxygen atoms in total. The van der Waals surface area contributed by atoms with E-state index in [1.165, 1.54) is 0 Å². The molecule has 0 aromatic rings. The Hall–Kier alpha value is 1.25. The molecule has 28 valence electrons. The Morgan fingerprint density at radius 3 is 1.20 bits per heavy atom. The Labute approximate surface area is 60.3 Å². The van der Waals surface area contributed by atoms with Gasteiger partial charge in [0.1, 0.15) is 0 Å². The fraction of sp³-hybridized carbons (Fsp3) is 0.667. The SMILES string of the molecule is C[CH-]C.[Br-].[Mg+2]. The zero-order valence-corrected chi connectivity index (χ0v) is 6.66. The van der Waals surface area contributed by atoms with Crippen LogP contribution in [0.5, 0.6) is 0 Å². The van der Waals surface area contributed by atoms with Gasteiger partial charge in [-0.1, -0.05) is 0 Å². The van der Waals surface area contributed by atoms with E-state index < -0.39 is 0 Å². The van der Waals surface area contributed by atoms with Crippen LogP contribution in [-0.2, 0) is 0 Å². The fourth-order valence-corrected chi connectivity index (χ4v) is 0. The van der Waals surface area contributed by atoms with Crippen LogP contribution in [0.4, 0.5) is 0 Å². The summed E-state index contributed by atoms with van der Waals surface area (Å²) in [4.78, 5) is 0. The van der Waals surface area contributed by atoms with Gasteiger partial charge < -0.3 is 23.4 Å². The van der Waals surface area contributed by atoms with E-state index >= 15 is 0 Å². The van der Waals surface area contributed by atoms with Crippen LogP contribution in [0.25, 0.3) is 0 Å². The maximum Gasteiger partial charge on any atom is 2.00 e. The molecule has 0 atom stereocenters. The molecule has 0 aliphatic rings. The van der Waals surface area contributed by atoms with E-state index in [4.69, 9.17) is 0 Å². The van der Waals surface area contributed by atoms with E-state index in [1.807, 2.05) is 20.3 Å². The molecule has 0 aromatic heterocycles. The molecule has 0 fully saturated rings. The second-order valence-corrected chi connectivity index (χ2v) is 0.577. The molecule has 0 bridgehead atoms. The summed E-state index contributed by atoms with van der Waals surface area (Å²) in [6.07, 6.45) is 2.00. The van der Waals surface area contributed by atoms with Gasteiger partial charge >= 0.3 is 23.1 Å². The molecule has 0 N–H and O–H groups in total. The van der Waals surface area contributed by atoms with E-state index in [9.17, 15) is 0 Å².